The van der Waals surface area contributed by atoms with Crippen LogP contribution in [0.25, 0.3) is 0 Å². The minimum atomic E-state index is 0.138. The van der Waals surface area contributed by atoms with Gasteiger partial charge in [-0.2, -0.15) is 0 Å². The topological polar surface area (TPSA) is 66.0 Å². The van der Waals surface area contributed by atoms with E-state index in [0.717, 1.165) is 49.7 Å². The van der Waals surface area contributed by atoms with Crippen LogP contribution in [0.1, 0.15) is 37.3 Å². The van der Waals surface area contributed by atoms with Gasteiger partial charge in [-0.25, -0.2) is 4.99 Å². The minimum absolute atomic E-state index is 0.138. The fourth-order valence-electron chi connectivity index (χ4n) is 3.34. The molecule has 0 spiro atoms. The lowest BCUT2D eigenvalue weighted by atomic mass is 9.93. The predicted octanol–water partition coefficient (Wildman–Crippen LogP) is 2.32. The first kappa shape index (κ1) is 20.1. The molecule has 1 aliphatic rings. The summed E-state index contributed by atoms with van der Waals surface area (Å²) in [6, 6.07) is 6.19. The van der Waals surface area contributed by atoms with Gasteiger partial charge in [-0.15, -0.1) is 0 Å². The number of ether oxygens (including phenoxy) is 1. The van der Waals surface area contributed by atoms with E-state index in [1.165, 1.54) is 5.56 Å². The molecule has 0 bridgehead atoms. The van der Waals surface area contributed by atoms with E-state index < -0.39 is 0 Å². The lowest BCUT2D eigenvalue weighted by Gasteiger charge is -2.34. The van der Waals surface area contributed by atoms with Crippen LogP contribution in [-0.4, -0.2) is 50.6 Å². The molecular formula is C20H32N4O2. The molecule has 0 atom stereocenters. The molecule has 6 heteroatoms. The second-order valence-corrected chi connectivity index (χ2v) is 6.78. The predicted molar refractivity (Wildman–Crippen MR) is 106 cm³/mol. The molecular weight excluding hydrogens is 328 g/mol. The molecule has 1 aromatic carbocycles. The molecule has 1 fully saturated rings. The van der Waals surface area contributed by atoms with Crippen molar-refractivity contribution in [1.82, 2.24) is 15.5 Å². The molecule has 0 radical (unpaired) electrons. The van der Waals surface area contributed by atoms with Crippen molar-refractivity contribution in [2.45, 2.75) is 39.7 Å². The first-order valence-electron chi connectivity index (χ1n) is 9.44. The van der Waals surface area contributed by atoms with Gasteiger partial charge in [0.15, 0.2) is 5.96 Å². The molecule has 0 unspecified atom stereocenters. The Morgan fingerprint density at radius 1 is 1.35 bits per heavy atom. The molecule has 1 aromatic rings. The minimum Gasteiger partial charge on any atom is -0.496 e. The van der Waals surface area contributed by atoms with Gasteiger partial charge in [0.1, 0.15) is 5.75 Å². The molecule has 0 aliphatic carbocycles. The number of carbonyl (C=O) groups is 1. The number of amides is 1. The Balaban J connectivity index is 1.96. The summed E-state index contributed by atoms with van der Waals surface area (Å²) >= 11 is 0. The summed E-state index contributed by atoms with van der Waals surface area (Å²) in [4.78, 5) is 18.7. The van der Waals surface area contributed by atoms with Crippen molar-refractivity contribution < 1.29 is 9.53 Å². The Hall–Kier alpha value is -2.24. The zero-order chi connectivity index (χ0) is 18.9. The summed E-state index contributed by atoms with van der Waals surface area (Å²) in [7, 11) is 3.39. The third-order valence-corrected chi connectivity index (χ3v) is 4.87. The van der Waals surface area contributed by atoms with E-state index >= 15 is 0 Å². The quantitative estimate of drug-likeness (QED) is 0.604. The van der Waals surface area contributed by atoms with Crippen LogP contribution in [0.15, 0.2) is 23.2 Å². The van der Waals surface area contributed by atoms with E-state index in [1.807, 2.05) is 6.07 Å². The maximum atomic E-state index is 11.6. The highest BCUT2D eigenvalue weighted by Crippen LogP contribution is 2.21. The lowest BCUT2D eigenvalue weighted by Crippen LogP contribution is -2.46. The monoisotopic (exact) mass is 360 g/mol. The smallest absolute Gasteiger partial charge is 0.220 e. The average molecular weight is 361 g/mol. The van der Waals surface area contributed by atoms with Crippen LogP contribution in [0, 0.1) is 12.8 Å². The van der Waals surface area contributed by atoms with Gasteiger partial charge >= 0.3 is 0 Å². The zero-order valence-electron chi connectivity index (χ0n) is 16.5. The molecule has 1 amide bonds. The first-order chi connectivity index (χ1) is 12.6. The van der Waals surface area contributed by atoms with Crippen molar-refractivity contribution in [3.05, 3.63) is 29.3 Å². The Bertz CT molecular complexity index is 622. The number of aryl methyl sites for hydroxylation is 1. The van der Waals surface area contributed by atoms with Crippen molar-refractivity contribution in [3.8, 4) is 5.75 Å². The van der Waals surface area contributed by atoms with Crippen LogP contribution in [0.4, 0.5) is 0 Å². The number of nitrogens with zero attached hydrogens (tertiary/aromatic N) is 2. The summed E-state index contributed by atoms with van der Waals surface area (Å²) in [6.45, 7) is 7.51. The summed E-state index contributed by atoms with van der Waals surface area (Å²) < 4.78 is 5.32. The molecule has 2 rings (SSSR count). The number of aliphatic imine (C=N–C) groups is 1. The van der Waals surface area contributed by atoms with Crippen LogP contribution in [0.2, 0.25) is 0 Å². The maximum absolute atomic E-state index is 11.6. The summed E-state index contributed by atoms with van der Waals surface area (Å²) in [5.74, 6) is 2.47. The highest BCUT2D eigenvalue weighted by Gasteiger charge is 2.23. The third-order valence-electron chi connectivity index (χ3n) is 4.87. The second-order valence-electron chi connectivity index (χ2n) is 6.78. The van der Waals surface area contributed by atoms with Crippen LogP contribution in [0.3, 0.4) is 0 Å². The molecule has 0 aromatic heterocycles. The van der Waals surface area contributed by atoms with E-state index in [1.54, 1.807) is 14.2 Å². The van der Waals surface area contributed by atoms with Crippen molar-refractivity contribution in [3.63, 3.8) is 0 Å². The van der Waals surface area contributed by atoms with Gasteiger partial charge in [0.05, 0.1) is 13.7 Å². The van der Waals surface area contributed by atoms with E-state index in [-0.39, 0.29) is 5.91 Å². The Labute approximate surface area is 157 Å². The van der Waals surface area contributed by atoms with Gasteiger partial charge < -0.3 is 20.3 Å². The highest BCUT2D eigenvalue weighted by atomic mass is 16.5. The van der Waals surface area contributed by atoms with Crippen LogP contribution < -0.4 is 15.4 Å². The van der Waals surface area contributed by atoms with Gasteiger partial charge in [0, 0.05) is 33.1 Å². The Kier molecular flexibility index (Phi) is 7.75. The summed E-state index contributed by atoms with van der Waals surface area (Å²) in [5, 5.41) is 6.12. The fourth-order valence-corrected chi connectivity index (χ4v) is 3.34. The van der Waals surface area contributed by atoms with Crippen molar-refractivity contribution >= 4 is 11.9 Å². The van der Waals surface area contributed by atoms with E-state index in [2.05, 4.69) is 41.5 Å². The van der Waals surface area contributed by atoms with Crippen molar-refractivity contribution in [1.29, 1.82) is 0 Å². The van der Waals surface area contributed by atoms with Gasteiger partial charge in [-0.3, -0.25) is 4.79 Å². The number of methoxy groups -OCH3 is 1. The van der Waals surface area contributed by atoms with Gasteiger partial charge in [0.2, 0.25) is 5.91 Å². The largest absolute Gasteiger partial charge is 0.496 e. The third kappa shape index (κ3) is 5.64. The number of hydrogen-bond acceptors (Lipinski definition) is 3. The molecule has 1 heterocycles. The molecule has 1 aliphatic heterocycles. The number of hydrogen-bond donors (Lipinski definition) is 2. The number of benzene rings is 1. The molecule has 1 saturated heterocycles. The first-order valence-corrected chi connectivity index (χ1v) is 9.44. The number of piperidine rings is 1. The van der Waals surface area contributed by atoms with E-state index in [4.69, 9.17) is 9.73 Å². The number of likely N-dealkylation sites (tertiary alicyclic amines) is 1. The molecule has 144 valence electrons. The van der Waals surface area contributed by atoms with Crippen molar-refractivity contribution in [2.75, 3.05) is 33.8 Å². The number of rotatable bonds is 6. The van der Waals surface area contributed by atoms with Crippen molar-refractivity contribution in [2.24, 2.45) is 10.9 Å². The molecule has 26 heavy (non-hydrogen) atoms. The SMILES string of the molecule is CCNC(=NCc1ccc(OC)c(C)c1)N1CCC(CC(=O)NC)CC1. The normalized spacial score (nSPS) is 15.7. The van der Waals surface area contributed by atoms with Gasteiger partial charge in [-0.1, -0.05) is 12.1 Å². The molecule has 6 nitrogen and oxygen atoms in total. The Morgan fingerprint density at radius 2 is 2.08 bits per heavy atom. The summed E-state index contributed by atoms with van der Waals surface area (Å²) in [6.07, 6.45) is 2.68. The maximum Gasteiger partial charge on any atom is 0.220 e. The van der Waals surface area contributed by atoms with E-state index in [0.29, 0.717) is 18.9 Å². The summed E-state index contributed by atoms with van der Waals surface area (Å²) in [5.41, 5.74) is 2.30. The number of guanidine groups is 1. The van der Waals surface area contributed by atoms with Gasteiger partial charge in [0.25, 0.3) is 0 Å². The molecule has 0 saturated carbocycles. The zero-order valence-corrected chi connectivity index (χ0v) is 16.5. The van der Waals surface area contributed by atoms with Crippen LogP contribution in [0.5, 0.6) is 5.75 Å². The van der Waals surface area contributed by atoms with Gasteiger partial charge in [-0.05, 0) is 49.8 Å². The highest BCUT2D eigenvalue weighted by molar-refractivity contribution is 5.80. The molecule has 2 N–H and O–H groups in total. The average Bonchev–Trinajstić information content (AvgIpc) is 2.66. The Morgan fingerprint density at radius 3 is 2.65 bits per heavy atom. The van der Waals surface area contributed by atoms with Crippen LogP contribution in [-0.2, 0) is 11.3 Å². The van der Waals surface area contributed by atoms with E-state index in [9.17, 15) is 4.79 Å². The van der Waals surface area contributed by atoms with Crippen LogP contribution >= 0.6 is 0 Å². The fraction of sp³-hybridized carbons (Fsp3) is 0.600. The standard InChI is InChI=1S/C20H32N4O2/c1-5-22-20(23-14-17-6-7-18(26-4)15(2)12-17)24-10-8-16(9-11-24)13-19(25)21-3/h6-7,12,16H,5,8-11,13-14H2,1-4H3,(H,21,25)(H,22,23). The second kappa shape index (κ2) is 10.0. The number of carbonyl (C=O) groups excluding carboxylic acids is 1. The lowest BCUT2D eigenvalue weighted by molar-refractivity contribution is -0.121. The number of nitrogens with one attached hydrogen (secondary N) is 2.